The Morgan fingerprint density at radius 1 is 1.15 bits per heavy atom. The first-order valence-electron chi connectivity index (χ1n) is 9.05. The Morgan fingerprint density at radius 2 is 2.00 bits per heavy atom. The summed E-state index contributed by atoms with van der Waals surface area (Å²) in [5.74, 6) is 0.825. The van der Waals surface area contributed by atoms with E-state index in [0.717, 1.165) is 54.0 Å². The first kappa shape index (κ1) is 16.5. The lowest BCUT2D eigenvalue weighted by molar-refractivity contribution is 0.120. The molecule has 0 spiro atoms. The highest BCUT2D eigenvalue weighted by Gasteiger charge is 2.18. The maximum Gasteiger partial charge on any atom is 0.186 e. The SMILES string of the molecule is Clc1ccc(-c2nnn3c2nc(NCC2CCCO2)c2ccccc23)cc1. The minimum absolute atomic E-state index is 0.237. The Morgan fingerprint density at radius 3 is 2.81 bits per heavy atom. The van der Waals surface area contributed by atoms with Gasteiger partial charge in [-0.1, -0.05) is 41.1 Å². The van der Waals surface area contributed by atoms with Crippen molar-refractivity contribution in [2.45, 2.75) is 18.9 Å². The van der Waals surface area contributed by atoms with Crippen LogP contribution in [0.3, 0.4) is 0 Å². The number of halogens is 1. The molecular formula is C20H18ClN5O. The van der Waals surface area contributed by atoms with E-state index in [1.807, 2.05) is 48.5 Å². The van der Waals surface area contributed by atoms with Gasteiger partial charge in [-0.25, -0.2) is 4.98 Å². The zero-order valence-electron chi connectivity index (χ0n) is 14.6. The second-order valence-corrected chi connectivity index (χ2v) is 7.11. The maximum atomic E-state index is 6.02. The Bertz CT molecular complexity index is 1100. The topological polar surface area (TPSA) is 64.3 Å². The van der Waals surface area contributed by atoms with Crippen LogP contribution < -0.4 is 5.32 Å². The fourth-order valence-corrected chi connectivity index (χ4v) is 3.64. The summed E-state index contributed by atoms with van der Waals surface area (Å²) in [5, 5.41) is 13.9. The Hall–Kier alpha value is -2.70. The van der Waals surface area contributed by atoms with Crippen LogP contribution in [0.15, 0.2) is 48.5 Å². The van der Waals surface area contributed by atoms with Gasteiger partial charge in [0, 0.05) is 29.1 Å². The number of para-hydroxylation sites is 1. The molecule has 27 heavy (non-hydrogen) atoms. The molecule has 4 aromatic rings. The van der Waals surface area contributed by atoms with Gasteiger partial charge in [0.05, 0.1) is 11.6 Å². The predicted molar refractivity (Wildman–Crippen MR) is 106 cm³/mol. The number of hydrogen-bond acceptors (Lipinski definition) is 5. The predicted octanol–water partition coefficient (Wildman–Crippen LogP) is 4.19. The molecule has 0 amide bonds. The monoisotopic (exact) mass is 379 g/mol. The number of hydrogen-bond donors (Lipinski definition) is 1. The van der Waals surface area contributed by atoms with Crippen LogP contribution in [0, 0.1) is 0 Å². The molecule has 1 atom stereocenters. The van der Waals surface area contributed by atoms with Crippen molar-refractivity contribution >= 4 is 34.0 Å². The smallest absolute Gasteiger partial charge is 0.186 e. The normalized spacial score (nSPS) is 17.0. The summed E-state index contributed by atoms with van der Waals surface area (Å²) in [7, 11) is 0. The summed E-state index contributed by atoms with van der Waals surface area (Å²) < 4.78 is 7.52. The average Bonchev–Trinajstić information content (AvgIpc) is 3.37. The van der Waals surface area contributed by atoms with Crippen molar-refractivity contribution in [3.05, 3.63) is 53.6 Å². The Balaban J connectivity index is 1.63. The van der Waals surface area contributed by atoms with E-state index in [0.29, 0.717) is 10.7 Å². The quantitative estimate of drug-likeness (QED) is 0.576. The fourth-order valence-electron chi connectivity index (χ4n) is 3.51. The largest absolute Gasteiger partial charge is 0.376 e. The van der Waals surface area contributed by atoms with Crippen molar-refractivity contribution in [2.24, 2.45) is 0 Å². The van der Waals surface area contributed by atoms with Gasteiger partial charge in [0.1, 0.15) is 11.5 Å². The highest BCUT2D eigenvalue weighted by molar-refractivity contribution is 6.30. The summed E-state index contributed by atoms with van der Waals surface area (Å²) in [6.45, 7) is 1.58. The van der Waals surface area contributed by atoms with Crippen LogP contribution in [0.4, 0.5) is 5.82 Å². The van der Waals surface area contributed by atoms with Gasteiger partial charge in [-0.05, 0) is 37.1 Å². The highest BCUT2D eigenvalue weighted by atomic mass is 35.5. The van der Waals surface area contributed by atoms with E-state index in [1.54, 1.807) is 4.52 Å². The van der Waals surface area contributed by atoms with Crippen molar-refractivity contribution in [1.29, 1.82) is 0 Å². The lowest BCUT2D eigenvalue weighted by Gasteiger charge is -2.13. The summed E-state index contributed by atoms with van der Waals surface area (Å²) in [6.07, 6.45) is 2.44. The molecule has 2 aromatic heterocycles. The molecule has 1 unspecified atom stereocenters. The molecule has 0 bridgehead atoms. The maximum absolute atomic E-state index is 6.02. The molecule has 1 aliphatic heterocycles. The molecular weight excluding hydrogens is 362 g/mol. The molecule has 1 aliphatic rings. The number of nitrogens with zero attached hydrogens (tertiary/aromatic N) is 4. The zero-order chi connectivity index (χ0) is 18.2. The van der Waals surface area contributed by atoms with Crippen molar-refractivity contribution < 1.29 is 4.74 Å². The molecule has 0 saturated carbocycles. The third-order valence-electron chi connectivity index (χ3n) is 4.89. The van der Waals surface area contributed by atoms with Gasteiger partial charge in [-0.15, -0.1) is 5.10 Å². The fraction of sp³-hybridized carbons (Fsp3) is 0.250. The first-order valence-corrected chi connectivity index (χ1v) is 9.43. The Labute approximate surface area is 161 Å². The van der Waals surface area contributed by atoms with E-state index >= 15 is 0 Å². The van der Waals surface area contributed by atoms with Gasteiger partial charge in [0.2, 0.25) is 0 Å². The molecule has 5 rings (SSSR count). The molecule has 1 fully saturated rings. The van der Waals surface area contributed by atoms with Gasteiger partial charge in [0.15, 0.2) is 5.65 Å². The third kappa shape index (κ3) is 3.01. The number of rotatable bonds is 4. The van der Waals surface area contributed by atoms with Gasteiger partial charge >= 0.3 is 0 Å². The van der Waals surface area contributed by atoms with Crippen molar-refractivity contribution in [2.75, 3.05) is 18.5 Å². The summed E-state index contributed by atoms with van der Waals surface area (Å²) >= 11 is 6.02. The molecule has 0 aliphatic carbocycles. The van der Waals surface area contributed by atoms with Crippen LogP contribution in [0.2, 0.25) is 5.02 Å². The van der Waals surface area contributed by atoms with Crippen molar-refractivity contribution in [3.8, 4) is 11.3 Å². The number of benzene rings is 2. The van der Waals surface area contributed by atoms with Crippen LogP contribution in [-0.4, -0.2) is 39.1 Å². The van der Waals surface area contributed by atoms with Crippen LogP contribution in [-0.2, 0) is 4.74 Å². The third-order valence-corrected chi connectivity index (χ3v) is 5.14. The van der Waals surface area contributed by atoms with Gasteiger partial charge < -0.3 is 10.1 Å². The van der Waals surface area contributed by atoms with E-state index in [2.05, 4.69) is 15.6 Å². The molecule has 1 N–H and O–H groups in total. The standard InChI is InChI=1S/C20H18ClN5O/c21-14-9-7-13(8-10-14)18-20-23-19(22-12-15-4-3-11-27-15)16-5-1-2-6-17(16)26(20)25-24-18/h1-2,5-10,15H,3-4,11-12H2,(H,22,23). The van der Waals surface area contributed by atoms with E-state index in [-0.39, 0.29) is 6.10 Å². The number of ether oxygens (including phenoxy) is 1. The van der Waals surface area contributed by atoms with Crippen molar-refractivity contribution in [1.82, 2.24) is 19.8 Å². The molecule has 7 heteroatoms. The van der Waals surface area contributed by atoms with E-state index in [1.165, 1.54) is 0 Å². The van der Waals surface area contributed by atoms with Crippen molar-refractivity contribution in [3.63, 3.8) is 0 Å². The van der Waals surface area contributed by atoms with E-state index < -0.39 is 0 Å². The molecule has 6 nitrogen and oxygen atoms in total. The van der Waals surface area contributed by atoms with Gasteiger partial charge in [0.25, 0.3) is 0 Å². The molecule has 3 heterocycles. The van der Waals surface area contributed by atoms with Crippen LogP contribution >= 0.6 is 11.6 Å². The second kappa shape index (κ2) is 6.79. The van der Waals surface area contributed by atoms with Crippen LogP contribution in [0.25, 0.3) is 27.8 Å². The average molecular weight is 380 g/mol. The summed E-state index contributed by atoms with van der Waals surface area (Å²) in [5.41, 5.74) is 3.34. The highest BCUT2D eigenvalue weighted by Crippen LogP contribution is 2.28. The van der Waals surface area contributed by atoms with E-state index in [9.17, 15) is 0 Å². The van der Waals surface area contributed by atoms with Gasteiger partial charge in [-0.3, -0.25) is 0 Å². The molecule has 136 valence electrons. The van der Waals surface area contributed by atoms with E-state index in [4.69, 9.17) is 21.3 Å². The summed E-state index contributed by atoms with van der Waals surface area (Å²) in [4.78, 5) is 4.86. The summed E-state index contributed by atoms with van der Waals surface area (Å²) in [6, 6.07) is 15.6. The number of aromatic nitrogens is 4. The van der Waals surface area contributed by atoms with Crippen LogP contribution in [0.1, 0.15) is 12.8 Å². The zero-order valence-corrected chi connectivity index (χ0v) is 15.4. The van der Waals surface area contributed by atoms with Gasteiger partial charge in [-0.2, -0.15) is 4.52 Å². The minimum atomic E-state index is 0.237. The first-order chi connectivity index (χ1) is 13.3. The lowest BCUT2D eigenvalue weighted by atomic mass is 10.1. The lowest BCUT2D eigenvalue weighted by Crippen LogP contribution is -2.19. The molecule has 2 aromatic carbocycles. The number of anilines is 1. The number of fused-ring (bicyclic) bond motifs is 3. The second-order valence-electron chi connectivity index (χ2n) is 6.67. The molecule has 0 radical (unpaired) electrons. The minimum Gasteiger partial charge on any atom is -0.376 e. The Kier molecular flexibility index (Phi) is 4.14. The molecule has 1 saturated heterocycles. The number of nitrogens with one attached hydrogen (secondary N) is 1. The van der Waals surface area contributed by atoms with Crippen LogP contribution in [0.5, 0.6) is 0 Å².